The van der Waals surface area contributed by atoms with Crippen LogP contribution in [0.5, 0.6) is 23.0 Å². The predicted octanol–water partition coefficient (Wildman–Crippen LogP) is 0.335. The number of aliphatic hydroxyl groups excluding tert-OH is 6. The minimum Gasteiger partial charge on any atom is -0.762 e. The highest BCUT2D eigenvalue weighted by Gasteiger charge is 2.70. The van der Waals surface area contributed by atoms with Crippen LogP contribution in [0.4, 0.5) is 0 Å². The van der Waals surface area contributed by atoms with Crippen molar-refractivity contribution < 1.29 is 184 Å². The molecule has 10 aliphatic rings. The third kappa shape index (κ3) is 16.2. The van der Waals surface area contributed by atoms with Crippen molar-refractivity contribution in [3.05, 3.63) is 49.6 Å². The van der Waals surface area contributed by atoms with Gasteiger partial charge in [-0.3, -0.25) is 10.0 Å². The molecule has 2 aromatic carbocycles. The van der Waals surface area contributed by atoms with Crippen LogP contribution >= 0.6 is 23.2 Å². The van der Waals surface area contributed by atoms with Crippen LogP contribution in [-0.4, -0.2) is 344 Å². The Morgan fingerprint density at radius 2 is 1.31 bits per heavy atom. The summed E-state index contributed by atoms with van der Waals surface area (Å²) in [4.78, 5) is 39.4. The predicted molar refractivity (Wildman–Crippen MR) is 365 cm³/mol. The van der Waals surface area contributed by atoms with Crippen molar-refractivity contribution in [2.75, 3.05) is 55.4 Å². The minimum absolute atomic E-state index is 0.0210. The van der Waals surface area contributed by atoms with Gasteiger partial charge in [-0.15, -0.1) is 0 Å². The summed E-state index contributed by atoms with van der Waals surface area (Å²) in [5.74, 6) is -8.37. The number of nitrogens with zero attached hydrogens (tertiary/aromatic N) is 1. The molecular formula is C70H98Cl2NO39-. The number of fused-ring (bicyclic) bond motifs is 2. The lowest BCUT2D eigenvalue weighted by Crippen LogP contribution is -2.68. The van der Waals surface area contributed by atoms with Gasteiger partial charge in [-0.25, -0.2) is 9.59 Å². The normalized spacial score (nSPS) is 44.9. The summed E-state index contributed by atoms with van der Waals surface area (Å²) < 4.78 is 152. The number of carbonyl (C=O) groups excluding carboxylic acids is 3. The molecule has 0 saturated carbocycles. The van der Waals surface area contributed by atoms with Gasteiger partial charge >= 0.3 is 17.9 Å². The third-order valence-electron chi connectivity index (χ3n) is 22.2. The fraction of sp³-hybridized carbons (Fsp3) is 0.786. The summed E-state index contributed by atoms with van der Waals surface area (Å²) in [6, 6.07) is 2.11. The van der Waals surface area contributed by atoms with E-state index in [1.807, 2.05) is 0 Å². The zero-order valence-electron chi connectivity index (χ0n) is 63.4. The van der Waals surface area contributed by atoms with Crippen LogP contribution in [0, 0.1) is 19.1 Å². The number of hydroxylamine groups is 2. The van der Waals surface area contributed by atoms with E-state index in [-0.39, 0.29) is 74.9 Å². The number of halogens is 2. The molecule has 12 rings (SSSR count). The SMILES string of the molecule is COC[C@H]1O[C@@H](O[C@@H]2OC[C@@H]3O[C@@]4(OC[C@@H](OC(=O)c5c(C)cc(O)cc5O)[C@H](OC=O)[C@H]4O)O[C@H]3[C@H]2O)[C@@H](OC)[C@@H](O)[C@@H]1O[C@@H]1O[C@H](C)[C@H](OC)[C@H](O[C@@H]2O[C@H](C)[C@H]3O[C@]4(C[C@@H](O)[C@H](O[C@H]5C[C@@H](O[C@H]6C[C@](C)(N([O-])O)[C@@H](OC)[C@H](C)O6)[C@H](OC(=O)c6c(C)c(Cl)c(O)c(Cl)c6OC)[C@@H](C)O5)[C@@H](C)O4)O[C@]3(C)[C@@H]2O)[C@H]1O. The number of phenols is 3. The number of rotatable bonds is 23. The molecule has 10 N–H and O–H groups in total. The van der Waals surface area contributed by atoms with E-state index < -0.39 is 256 Å². The van der Waals surface area contributed by atoms with E-state index >= 15 is 0 Å². The number of hydrogen-bond acceptors (Lipinski definition) is 40. The second-order valence-electron chi connectivity index (χ2n) is 29.7. The fourth-order valence-corrected chi connectivity index (χ4v) is 17.2. The Bertz CT molecular complexity index is 3590. The summed E-state index contributed by atoms with van der Waals surface area (Å²) in [7, 11) is 6.46. The summed E-state index contributed by atoms with van der Waals surface area (Å²) >= 11 is 12.8. The van der Waals surface area contributed by atoms with Gasteiger partial charge in [-0.2, -0.15) is 0 Å². The number of aromatic hydroxyl groups is 3. The minimum atomic E-state index is -2.46. The van der Waals surface area contributed by atoms with Gasteiger partial charge in [0.1, 0.15) is 125 Å². The van der Waals surface area contributed by atoms with Crippen LogP contribution in [0.15, 0.2) is 12.1 Å². The molecule has 0 aliphatic carbocycles. The lowest BCUT2D eigenvalue weighted by Gasteiger charge is -2.53. The fourth-order valence-electron chi connectivity index (χ4n) is 16.7. The number of phenolic OH excluding ortho intramolecular Hbond substituents is 3. The number of methoxy groups -OCH3 is 5. The smallest absolute Gasteiger partial charge is 0.342 e. The van der Waals surface area contributed by atoms with Gasteiger partial charge in [0, 0.05) is 47.3 Å². The molecule has 2 spiro atoms. The Balaban J connectivity index is 0.684. The standard InChI is InChI=1S/C70H98Cl2NO39/c1-24-15-31(75)16-32(76)40(24)61(84)101-36-22-95-70(57(82)53(36)94-23-74)109-37-21-93-63(46(80)52(37)110-70)107-65-56(91-13)45(79)51(35(102-65)20-88-10)105-64-47(81)55(50(89-11)27(4)98-64)106-66-58(83)68(9)60(30(7)99-66)111-69(112-68)18-33(77)48(28(5)108-69)103-38-17-34(100-39-19-67(8,73(86)87)59(92-14)29(6)97-39)49(26(3)96-38)104-62(85)41-25(2)42(71)44(78)43(72)54(41)90-12/h15-16,23,26-30,33-39,45-53,55-60,63-66,75-83,86H,17-22H2,1-14H3/q-1/t26-,27-,28-,29+,30-,33-,34-,35-,36-,37+,38+,39+,45+,46-,47-,48-,49-,50+,51-,52-,53+,55-,56+,57-,58-,59+,60-,63+,64+,65+,66+,67+,68-,69-,70-/m1/s1. The summed E-state index contributed by atoms with van der Waals surface area (Å²) in [6.45, 7) is 12.5. The number of aryl methyl sites for hydroxylation is 1. The van der Waals surface area contributed by atoms with Crippen molar-refractivity contribution in [3.8, 4) is 23.0 Å². The molecule has 10 heterocycles. The molecule has 0 aromatic heterocycles. The molecule has 0 bridgehead atoms. The van der Waals surface area contributed by atoms with Gasteiger partial charge in [0.15, 0.2) is 73.7 Å². The zero-order valence-corrected chi connectivity index (χ0v) is 64.9. The van der Waals surface area contributed by atoms with Crippen molar-refractivity contribution in [2.45, 2.75) is 295 Å². The highest BCUT2D eigenvalue weighted by molar-refractivity contribution is 6.39. The van der Waals surface area contributed by atoms with Crippen molar-refractivity contribution in [1.82, 2.24) is 5.23 Å². The maximum atomic E-state index is 14.3. The van der Waals surface area contributed by atoms with E-state index in [1.54, 1.807) is 34.6 Å². The van der Waals surface area contributed by atoms with Crippen molar-refractivity contribution in [2.24, 2.45) is 0 Å². The molecule has 35 atom stereocenters. The molecule has 42 heteroatoms. The van der Waals surface area contributed by atoms with Gasteiger partial charge in [0.05, 0.1) is 80.5 Å². The van der Waals surface area contributed by atoms with Crippen LogP contribution in [0.1, 0.15) is 99.6 Å². The highest BCUT2D eigenvalue weighted by atomic mass is 35.5. The topological polar surface area (TPSA) is 511 Å². The van der Waals surface area contributed by atoms with Crippen LogP contribution < -0.4 is 4.74 Å². The first-order valence-corrected chi connectivity index (χ1v) is 37.0. The lowest BCUT2D eigenvalue weighted by atomic mass is 9.85. The number of ether oxygens (including phenoxy) is 25. The van der Waals surface area contributed by atoms with E-state index in [9.17, 15) is 70.8 Å². The first kappa shape index (κ1) is 86.8. The van der Waals surface area contributed by atoms with Gasteiger partial charge in [-0.1, -0.05) is 23.2 Å². The van der Waals surface area contributed by atoms with E-state index in [0.717, 1.165) is 6.07 Å². The quantitative estimate of drug-likeness (QED) is 0.0310. The molecule has 40 nitrogen and oxygen atoms in total. The molecule has 10 saturated heterocycles. The van der Waals surface area contributed by atoms with Gasteiger partial charge in [-0.05, 0) is 79.5 Å². The molecule has 112 heavy (non-hydrogen) atoms. The highest BCUT2D eigenvalue weighted by Crippen LogP contribution is 2.53. The first-order chi connectivity index (χ1) is 52.9. The summed E-state index contributed by atoms with van der Waals surface area (Å²) in [5, 5.41) is 126. The van der Waals surface area contributed by atoms with E-state index in [2.05, 4.69) is 0 Å². The Morgan fingerprint density at radius 1 is 0.634 bits per heavy atom. The molecular weight excluding hydrogens is 1550 g/mol. The van der Waals surface area contributed by atoms with E-state index in [4.69, 9.17) is 142 Å². The Hall–Kier alpha value is -4.57. The molecule has 10 fully saturated rings. The molecule has 0 unspecified atom stereocenters. The lowest BCUT2D eigenvalue weighted by molar-refractivity contribution is -0.417. The van der Waals surface area contributed by atoms with Crippen molar-refractivity contribution >= 4 is 41.6 Å². The molecule has 0 radical (unpaired) electrons. The largest absolute Gasteiger partial charge is 0.762 e. The number of aliphatic hydroxyl groups is 6. The number of carbonyl (C=O) groups is 3. The van der Waals surface area contributed by atoms with E-state index in [1.165, 1.54) is 69.3 Å². The average Bonchev–Trinajstić information content (AvgIpc) is 1.56. The van der Waals surface area contributed by atoms with Gasteiger partial charge in [0.25, 0.3) is 12.4 Å². The van der Waals surface area contributed by atoms with Crippen molar-refractivity contribution in [1.29, 1.82) is 0 Å². The van der Waals surface area contributed by atoms with Gasteiger partial charge < -0.3 is 175 Å². The third-order valence-corrected chi connectivity index (χ3v) is 23.1. The average molecular weight is 1650 g/mol. The van der Waals surface area contributed by atoms with Gasteiger partial charge in [0.2, 0.25) is 0 Å². The van der Waals surface area contributed by atoms with Crippen LogP contribution in [0.2, 0.25) is 10.0 Å². The van der Waals surface area contributed by atoms with Crippen LogP contribution in [0.25, 0.3) is 0 Å². The second kappa shape index (κ2) is 34.4. The number of benzene rings is 2. The van der Waals surface area contributed by atoms with Crippen LogP contribution in [-0.2, 0) is 118 Å². The second-order valence-corrected chi connectivity index (χ2v) is 30.5. The molecule has 10 aliphatic heterocycles. The maximum Gasteiger partial charge on any atom is 0.342 e. The van der Waals surface area contributed by atoms with Crippen LogP contribution in [0.3, 0.4) is 0 Å². The number of hydrogen-bond donors (Lipinski definition) is 10. The zero-order chi connectivity index (χ0) is 81.4. The molecule has 0 amide bonds. The number of esters is 2. The Labute approximate surface area is 651 Å². The molecule has 2 aromatic rings. The maximum absolute atomic E-state index is 14.3. The molecule has 632 valence electrons. The van der Waals surface area contributed by atoms with E-state index in [0.29, 0.717) is 0 Å². The first-order valence-electron chi connectivity index (χ1n) is 36.3. The summed E-state index contributed by atoms with van der Waals surface area (Å²) in [5.41, 5.74) is -3.70. The summed E-state index contributed by atoms with van der Waals surface area (Å²) in [6.07, 6.45) is -43.8. The van der Waals surface area contributed by atoms with Crippen molar-refractivity contribution in [3.63, 3.8) is 0 Å². The monoisotopic (exact) mass is 1650 g/mol. The Kier molecular flexibility index (Phi) is 26.7. The Morgan fingerprint density at radius 3 is 1.96 bits per heavy atom.